The van der Waals surface area contributed by atoms with Crippen LogP contribution < -0.4 is 10.3 Å². The zero-order valence-electron chi connectivity index (χ0n) is 13.7. The lowest BCUT2D eigenvalue weighted by molar-refractivity contribution is 0.274. The van der Waals surface area contributed by atoms with Crippen molar-refractivity contribution in [3.63, 3.8) is 0 Å². The van der Waals surface area contributed by atoms with Crippen LogP contribution in [0.25, 0.3) is 11.0 Å². The van der Waals surface area contributed by atoms with Gasteiger partial charge in [0, 0.05) is 19.2 Å². The van der Waals surface area contributed by atoms with E-state index in [9.17, 15) is 4.79 Å². The van der Waals surface area contributed by atoms with Gasteiger partial charge in [0.25, 0.3) is 0 Å². The first-order valence-electron chi connectivity index (χ1n) is 8.01. The van der Waals surface area contributed by atoms with E-state index in [1.165, 1.54) is 0 Å². The van der Waals surface area contributed by atoms with Gasteiger partial charge in [0.2, 0.25) is 0 Å². The van der Waals surface area contributed by atoms with E-state index in [0.29, 0.717) is 28.7 Å². The number of nitrogens with zero attached hydrogens (tertiary/aromatic N) is 1. The maximum atomic E-state index is 12.5. The Kier molecular flexibility index (Phi) is 3.75. The van der Waals surface area contributed by atoms with E-state index in [4.69, 9.17) is 4.42 Å². The van der Waals surface area contributed by atoms with Crippen LogP contribution in [0.1, 0.15) is 37.8 Å². The van der Waals surface area contributed by atoms with Crippen molar-refractivity contribution < 1.29 is 4.42 Å². The first-order chi connectivity index (χ1) is 10.4. The van der Waals surface area contributed by atoms with Crippen molar-refractivity contribution in [2.24, 2.45) is 5.41 Å². The summed E-state index contributed by atoms with van der Waals surface area (Å²) in [6.07, 6.45) is 2.85. The molecule has 1 aliphatic heterocycles. The Morgan fingerprint density at radius 2 is 1.91 bits per heavy atom. The second kappa shape index (κ2) is 5.45. The first-order valence-corrected chi connectivity index (χ1v) is 8.01. The molecular formula is C19H24NO2. The molecule has 0 N–H and O–H groups in total. The van der Waals surface area contributed by atoms with Crippen LogP contribution in [0.3, 0.4) is 0 Å². The summed E-state index contributed by atoms with van der Waals surface area (Å²) < 4.78 is 6.11. The summed E-state index contributed by atoms with van der Waals surface area (Å²) >= 11 is 0. The fraction of sp³-hybridized carbons (Fsp3) is 0.474. The van der Waals surface area contributed by atoms with Gasteiger partial charge in [0.05, 0.1) is 5.39 Å². The number of anilines is 1. The van der Waals surface area contributed by atoms with Gasteiger partial charge in [-0.2, -0.15) is 0 Å². The molecule has 22 heavy (non-hydrogen) atoms. The van der Waals surface area contributed by atoms with Gasteiger partial charge < -0.3 is 9.32 Å². The molecular weight excluding hydrogens is 274 g/mol. The van der Waals surface area contributed by atoms with Crippen molar-refractivity contribution in [1.82, 2.24) is 0 Å². The number of fused-ring (bicyclic) bond motifs is 1. The standard InChI is InChI=1S/C19H24NO2/c1-5-14-10-13(2)11-15-16(21)12-17(22-18(14)15)20-8-6-19(3,4)7-9-20/h10-12H,1,5-9H2,2-4H3. The van der Waals surface area contributed by atoms with Crippen LogP contribution in [0.2, 0.25) is 0 Å². The normalized spacial score (nSPS) is 17.9. The SMILES string of the molecule is [CH2]Cc1cc(C)cc2c(=O)cc(N3CCC(C)(C)CC3)oc12. The second-order valence-electron chi connectivity index (χ2n) is 7.15. The number of hydrogen-bond acceptors (Lipinski definition) is 3. The van der Waals surface area contributed by atoms with E-state index in [1.807, 2.05) is 13.0 Å². The molecule has 1 aromatic heterocycles. The molecule has 0 spiro atoms. The van der Waals surface area contributed by atoms with Gasteiger partial charge in [0.1, 0.15) is 5.58 Å². The van der Waals surface area contributed by atoms with Gasteiger partial charge in [-0.05, 0) is 55.7 Å². The van der Waals surface area contributed by atoms with Gasteiger partial charge in [0.15, 0.2) is 11.3 Å². The Labute approximate surface area is 131 Å². The Hall–Kier alpha value is -1.77. The Morgan fingerprint density at radius 3 is 2.55 bits per heavy atom. The van der Waals surface area contributed by atoms with E-state index in [0.717, 1.165) is 37.1 Å². The van der Waals surface area contributed by atoms with Crippen molar-refractivity contribution in [3.8, 4) is 0 Å². The summed E-state index contributed by atoms with van der Waals surface area (Å²) in [5.41, 5.74) is 3.20. The lowest BCUT2D eigenvalue weighted by Crippen LogP contribution is -2.37. The monoisotopic (exact) mass is 298 g/mol. The predicted octanol–water partition coefficient (Wildman–Crippen LogP) is 4.10. The van der Waals surface area contributed by atoms with E-state index in [2.05, 4.69) is 31.7 Å². The Morgan fingerprint density at radius 1 is 1.23 bits per heavy atom. The third-order valence-electron chi connectivity index (χ3n) is 4.73. The Balaban J connectivity index is 2.06. The summed E-state index contributed by atoms with van der Waals surface area (Å²) in [6, 6.07) is 5.61. The third-order valence-corrected chi connectivity index (χ3v) is 4.73. The molecule has 3 rings (SSSR count). The summed E-state index contributed by atoms with van der Waals surface area (Å²) in [6.45, 7) is 12.4. The second-order valence-corrected chi connectivity index (χ2v) is 7.15. The molecule has 2 heterocycles. The molecule has 3 nitrogen and oxygen atoms in total. The number of hydrogen-bond donors (Lipinski definition) is 0. The quantitative estimate of drug-likeness (QED) is 0.837. The van der Waals surface area contributed by atoms with Crippen molar-refractivity contribution in [3.05, 3.63) is 46.5 Å². The van der Waals surface area contributed by atoms with Crippen molar-refractivity contribution in [2.45, 2.75) is 40.0 Å². The zero-order chi connectivity index (χ0) is 15.9. The van der Waals surface area contributed by atoms with Gasteiger partial charge in [-0.25, -0.2) is 0 Å². The Bertz CT molecular complexity index is 748. The maximum Gasteiger partial charge on any atom is 0.199 e. The van der Waals surface area contributed by atoms with Crippen LogP contribution in [0.4, 0.5) is 5.88 Å². The van der Waals surface area contributed by atoms with Crippen LogP contribution in [0.5, 0.6) is 0 Å². The highest BCUT2D eigenvalue weighted by Gasteiger charge is 2.27. The molecule has 1 saturated heterocycles. The van der Waals surface area contributed by atoms with Gasteiger partial charge in [-0.1, -0.05) is 19.9 Å². The van der Waals surface area contributed by atoms with Gasteiger partial charge in [-0.15, -0.1) is 0 Å². The average Bonchev–Trinajstić information content (AvgIpc) is 2.47. The lowest BCUT2D eigenvalue weighted by Gasteiger charge is -2.37. The van der Waals surface area contributed by atoms with Crippen LogP contribution in [0, 0.1) is 19.3 Å². The van der Waals surface area contributed by atoms with Crippen molar-refractivity contribution in [2.75, 3.05) is 18.0 Å². The van der Waals surface area contributed by atoms with E-state index in [1.54, 1.807) is 6.07 Å². The van der Waals surface area contributed by atoms with E-state index < -0.39 is 0 Å². The highest BCUT2D eigenvalue weighted by Crippen LogP contribution is 2.33. The minimum Gasteiger partial charge on any atom is -0.440 e. The van der Waals surface area contributed by atoms with Gasteiger partial charge in [-0.3, -0.25) is 4.79 Å². The summed E-state index contributed by atoms with van der Waals surface area (Å²) in [4.78, 5) is 14.7. The number of piperidine rings is 1. The molecule has 0 atom stereocenters. The van der Waals surface area contributed by atoms with Crippen LogP contribution in [-0.4, -0.2) is 13.1 Å². The molecule has 0 bridgehead atoms. The molecule has 0 amide bonds. The zero-order valence-corrected chi connectivity index (χ0v) is 13.7. The molecule has 1 fully saturated rings. The number of benzene rings is 1. The first kappa shape index (κ1) is 15.1. The molecule has 1 radical (unpaired) electrons. The summed E-state index contributed by atoms with van der Waals surface area (Å²) in [5, 5.41) is 0.666. The minimum atomic E-state index is 0.0412. The smallest absolute Gasteiger partial charge is 0.199 e. The fourth-order valence-electron chi connectivity index (χ4n) is 3.15. The number of aryl methyl sites for hydroxylation is 1. The van der Waals surface area contributed by atoms with E-state index in [-0.39, 0.29) is 5.43 Å². The predicted molar refractivity (Wildman–Crippen MR) is 91.5 cm³/mol. The molecule has 3 heteroatoms. The van der Waals surface area contributed by atoms with Gasteiger partial charge >= 0.3 is 0 Å². The molecule has 1 aliphatic rings. The van der Waals surface area contributed by atoms with Crippen LogP contribution in [0.15, 0.2) is 27.4 Å². The molecule has 0 saturated carbocycles. The molecule has 117 valence electrons. The number of rotatable bonds is 2. The summed E-state index contributed by atoms with van der Waals surface area (Å²) in [7, 11) is 0. The van der Waals surface area contributed by atoms with Crippen LogP contribution >= 0.6 is 0 Å². The van der Waals surface area contributed by atoms with E-state index >= 15 is 0 Å². The molecule has 1 aromatic carbocycles. The largest absolute Gasteiger partial charge is 0.440 e. The highest BCUT2D eigenvalue weighted by atomic mass is 16.4. The van der Waals surface area contributed by atoms with Crippen LogP contribution in [-0.2, 0) is 6.42 Å². The molecule has 2 aromatic rings. The molecule has 0 aliphatic carbocycles. The van der Waals surface area contributed by atoms with Crippen molar-refractivity contribution in [1.29, 1.82) is 0 Å². The maximum absolute atomic E-state index is 12.5. The molecule has 0 unspecified atom stereocenters. The third kappa shape index (κ3) is 2.77. The minimum absolute atomic E-state index is 0.0412. The fourth-order valence-corrected chi connectivity index (χ4v) is 3.15. The highest BCUT2D eigenvalue weighted by molar-refractivity contribution is 5.81. The summed E-state index contributed by atoms with van der Waals surface area (Å²) in [5.74, 6) is 0.701. The van der Waals surface area contributed by atoms with Crippen molar-refractivity contribution >= 4 is 16.9 Å². The average molecular weight is 298 g/mol. The lowest BCUT2D eigenvalue weighted by atomic mass is 9.83. The topological polar surface area (TPSA) is 33.5 Å².